The maximum Gasteiger partial charge on any atom is 0.260 e. The summed E-state index contributed by atoms with van der Waals surface area (Å²) in [5.41, 5.74) is 2.49. The fraction of sp³-hybridized carbons (Fsp3) is 0.364. The van der Waals surface area contributed by atoms with Crippen LogP contribution in [0.5, 0.6) is 0 Å². The van der Waals surface area contributed by atoms with Crippen molar-refractivity contribution in [3.63, 3.8) is 0 Å². The van der Waals surface area contributed by atoms with Crippen LogP contribution in [0.1, 0.15) is 22.3 Å². The van der Waals surface area contributed by atoms with Crippen molar-refractivity contribution < 1.29 is 13.9 Å². The van der Waals surface area contributed by atoms with Crippen LogP contribution in [0.3, 0.4) is 0 Å². The number of amides is 1. The van der Waals surface area contributed by atoms with Crippen LogP contribution in [-0.4, -0.2) is 55.2 Å². The first-order valence-electron chi connectivity index (χ1n) is 9.85. The summed E-state index contributed by atoms with van der Waals surface area (Å²) in [6, 6.07) is 11.8. The van der Waals surface area contributed by atoms with E-state index < -0.39 is 0 Å². The zero-order chi connectivity index (χ0) is 20.2. The lowest BCUT2D eigenvalue weighted by Gasteiger charge is -2.27. The van der Waals surface area contributed by atoms with E-state index in [1.54, 1.807) is 4.90 Å². The van der Waals surface area contributed by atoms with Gasteiger partial charge in [-0.05, 0) is 49.2 Å². The second kappa shape index (κ2) is 8.98. The molecule has 5 nitrogen and oxygen atoms in total. The Bertz CT molecular complexity index is 983. The number of aromatic nitrogens is 1. The van der Waals surface area contributed by atoms with Gasteiger partial charge >= 0.3 is 0 Å². The number of carbonyl (C=O) groups excluding carboxylic acids is 1. The average molecular weight is 414 g/mol. The molecule has 0 saturated carbocycles. The molecule has 2 aromatic carbocycles. The number of morpholine rings is 1. The molecule has 1 aliphatic rings. The summed E-state index contributed by atoms with van der Waals surface area (Å²) in [6.07, 6.45) is 0.835. The van der Waals surface area contributed by atoms with Crippen LogP contribution in [0.2, 0.25) is 0 Å². The van der Waals surface area contributed by atoms with Crippen molar-refractivity contribution in [2.45, 2.75) is 13.3 Å². The first-order valence-corrected chi connectivity index (χ1v) is 10.7. The number of halogens is 1. The number of nitrogens with zero attached hydrogens (tertiary/aromatic N) is 3. The van der Waals surface area contributed by atoms with E-state index in [0.717, 1.165) is 55.0 Å². The number of hydrogen-bond donors (Lipinski definition) is 0. The highest BCUT2D eigenvalue weighted by Gasteiger charge is 2.22. The molecule has 1 aromatic heterocycles. The minimum Gasteiger partial charge on any atom is -0.379 e. The number of thiazole rings is 1. The Balaban J connectivity index is 1.57. The van der Waals surface area contributed by atoms with Crippen LogP contribution < -0.4 is 4.90 Å². The summed E-state index contributed by atoms with van der Waals surface area (Å²) < 4.78 is 19.8. The highest BCUT2D eigenvalue weighted by molar-refractivity contribution is 7.22. The number of hydrogen-bond acceptors (Lipinski definition) is 5. The topological polar surface area (TPSA) is 45.7 Å². The van der Waals surface area contributed by atoms with Crippen LogP contribution >= 0.6 is 11.3 Å². The molecular weight excluding hydrogens is 389 g/mol. The monoisotopic (exact) mass is 413 g/mol. The largest absolute Gasteiger partial charge is 0.379 e. The second-order valence-electron chi connectivity index (χ2n) is 7.19. The normalized spacial score (nSPS) is 15.0. The van der Waals surface area contributed by atoms with Gasteiger partial charge in [0.15, 0.2) is 5.13 Å². The number of anilines is 1. The predicted molar refractivity (Wildman–Crippen MR) is 114 cm³/mol. The van der Waals surface area contributed by atoms with Crippen LogP contribution in [0.15, 0.2) is 42.5 Å². The van der Waals surface area contributed by atoms with Gasteiger partial charge in [-0.1, -0.05) is 23.5 Å². The molecule has 0 atom stereocenters. The van der Waals surface area contributed by atoms with Crippen molar-refractivity contribution in [2.75, 3.05) is 44.3 Å². The quantitative estimate of drug-likeness (QED) is 0.610. The minimum atomic E-state index is -0.351. The van der Waals surface area contributed by atoms with Gasteiger partial charge in [0.2, 0.25) is 0 Å². The molecule has 0 N–H and O–H groups in total. The van der Waals surface area contributed by atoms with Gasteiger partial charge in [-0.15, -0.1) is 0 Å². The third kappa shape index (κ3) is 4.63. The average Bonchev–Trinajstić information content (AvgIpc) is 3.17. The predicted octanol–water partition coefficient (Wildman–Crippen LogP) is 4.11. The summed E-state index contributed by atoms with van der Waals surface area (Å²) in [4.78, 5) is 22.1. The number of ether oxygens (including phenoxy) is 1. The number of fused-ring (bicyclic) bond motifs is 1. The van der Waals surface area contributed by atoms with Crippen molar-refractivity contribution in [3.8, 4) is 0 Å². The molecule has 1 aliphatic heterocycles. The van der Waals surface area contributed by atoms with Crippen molar-refractivity contribution in [3.05, 3.63) is 59.4 Å². The third-order valence-corrected chi connectivity index (χ3v) is 6.18. The van der Waals surface area contributed by atoms with Crippen LogP contribution in [0.25, 0.3) is 10.2 Å². The molecule has 1 fully saturated rings. The standard InChI is InChI=1S/C22H24FN3O2S/c1-16-4-2-5-19-20(16)24-22(29-19)26(11-3-10-25-12-14-28-15-13-25)21(27)17-6-8-18(23)9-7-17/h2,4-9H,3,10-15H2,1H3. The molecule has 2 heterocycles. The van der Waals surface area contributed by atoms with Gasteiger partial charge in [0, 0.05) is 31.7 Å². The molecule has 0 radical (unpaired) electrons. The fourth-order valence-electron chi connectivity index (χ4n) is 3.50. The third-order valence-electron chi connectivity index (χ3n) is 5.14. The molecule has 1 amide bonds. The lowest BCUT2D eigenvalue weighted by Crippen LogP contribution is -2.39. The Kier molecular flexibility index (Phi) is 6.18. The van der Waals surface area contributed by atoms with Gasteiger partial charge in [-0.2, -0.15) is 0 Å². The molecule has 0 spiro atoms. The second-order valence-corrected chi connectivity index (χ2v) is 8.20. The Morgan fingerprint density at radius 2 is 1.97 bits per heavy atom. The highest BCUT2D eigenvalue weighted by Crippen LogP contribution is 2.31. The number of benzene rings is 2. The Morgan fingerprint density at radius 3 is 2.69 bits per heavy atom. The van der Waals surface area contributed by atoms with E-state index in [0.29, 0.717) is 17.2 Å². The van der Waals surface area contributed by atoms with Gasteiger partial charge in [-0.3, -0.25) is 14.6 Å². The molecule has 3 aromatic rings. The van der Waals surface area contributed by atoms with Crippen molar-refractivity contribution in [2.24, 2.45) is 0 Å². The zero-order valence-corrected chi connectivity index (χ0v) is 17.3. The van der Waals surface area contributed by atoms with E-state index in [4.69, 9.17) is 9.72 Å². The van der Waals surface area contributed by atoms with E-state index in [2.05, 4.69) is 4.90 Å². The van der Waals surface area contributed by atoms with Crippen molar-refractivity contribution in [1.29, 1.82) is 0 Å². The van der Waals surface area contributed by atoms with Gasteiger partial charge in [0.05, 0.1) is 23.4 Å². The van der Waals surface area contributed by atoms with Gasteiger partial charge in [-0.25, -0.2) is 9.37 Å². The molecule has 0 unspecified atom stereocenters. The molecule has 4 rings (SSSR count). The number of carbonyl (C=O) groups is 1. The van der Waals surface area contributed by atoms with Crippen LogP contribution in [0, 0.1) is 12.7 Å². The summed E-state index contributed by atoms with van der Waals surface area (Å²) in [5.74, 6) is -0.500. The van der Waals surface area contributed by atoms with Crippen molar-refractivity contribution >= 4 is 32.6 Å². The minimum absolute atomic E-state index is 0.149. The van der Waals surface area contributed by atoms with E-state index in [1.807, 2.05) is 25.1 Å². The number of para-hydroxylation sites is 1. The lowest BCUT2D eigenvalue weighted by molar-refractivity contribution is 0.0376. The van der Waals surface area contributed by atoms with E-state index in [-0.39, 0.29) is 11.7 Å². The first-order chi connectivity index (χ1) is 14.1. The lowest BCUT2D eigenvalue weighted by atomic mass is 10.2. The van der Waals surface area contributed by atoms with Gasteiger partial charge < -0.3 is 4.74 Å². The summed E-state index contributed by atoms with van der Waals surface area (Å²) in [5, 5.41) is 0.686. The Morgan fingerprint density at radius 1 is 1.21 bits per heavy atom. The van der Waals surface area contributed by atoms with E-state index in [1.165, 1.54) is 35.6 Å². The molecule has 152 valence electrons. The smallest absolute Gasteiger partial charge is 0.260 e. The Hall–Kier alpha value is -2.35. The van der Waals surface area contributed by atoms with Crippen LogP contribution in [0.4, 0.5) is 9.52 Å². The summed E-state index contributed by atoms with van der Waals surface area (Å²) in [6.45, 7) is 6.85. The summed E-state index contributed by atoms with van der Waals surface area (Å²) >= 11 is 1.52. The molecular formula is C22H24FN3O2S. The van der Waals surface area contributed by atoms with Crippen molar-refractivity contribution in [1.82, 2.24) is 9.88 Å². The van der Waals surface area contributed by atoms with Gasteiger partial charge in [0.25, 0.3) is 5.91 Å². The molecule has 7 heteroatoms. The molecule has 0 aliphatic carbocycles. The first kappa shape index (κ1) is 19.9. The molecule has 1 saturated heterocycles. The van der Waals surface area contributed by atoms with E-state index in [9.17, 15) is 9.18 Å². The van der Waals surface area contributed by atoms with Crippen LogP contribution in [-0.2, 0) is 4.74 Å². The highest BCUT2D eigenvalue weighted by atomic mass is 32.1. The van der Waals surface area contributed by atoms with E-state index >= 15 is 0 Å². The SMILES string of the molecule is Cc1cccc2sc(N(CCCN3CCOCC3)C(=O)c3ccc(F)cc3)nc12. The summed E-state index contributed by atoms with van der Waals surface area (Å²) in [7, 11) is 0. The fourth-order valence-corrected chi connectivity index (χ4v) is 4.57. The molecule has 29 heavy (non-hydrogen) atoms. The zero-order valence-electron chi connectivity index (χ0n) is 16.4. The maximum atomic E-state index is 13.3. The number of rotatable bonds is 6. The number of aryl methyl sites for hydroxylation is 1. The maximum absolute atomic E-state index is 13.3. The van der Waals surface area contributed by atoms with Gasteiger partial charge in [0.1, 0.15) is 5.82 Å². The molecule has 0 bridgehead atoms. The Labute approximate surface area is 173 Å².